The molecule has 2 rings (SSSR count). The van der Waals surface area contributed by atoms with E-state index in [1.165, 1.54) is 7.05 Å². The number of hydrogen-bond donors (Lipinski definition) is 0. The molecular weight excluding hydrogens is 353 g/mol. The van der Waals surface area contributed by atoms with Crippen molar-refractivity contribution in [2.24, 2.45) is 0 Å². The largest absolute Gasteiger partial charge is 0.455 e. The molecule has 0 atom stereocenters. The number of esters is 1. The van der Waals surface area contributed by atoms with E-state index in [1.807, 2.05) is 6.92 Å². The van der Waals surface area contributed by atoms with Crippen molar-refractivity contribution in [1.29, 1.82) is 0 Å². The molecule has 2 aromatic rings. The van der Waals surface area contributed by atoms with Gasteiger partial charge >= 0.3 is 5.97 Å². The molecule has 0 bridgehead atoms. The molecule has 0 unspecified atom stereocenters. The Bertz CT molecular complexity index is 820. The molecule has 25 heavy (non-hydrogen) atoms. The summed E-state index contributed by atoms with van der Waals surface area (Å²) in [5.41, 5.74) is 0. The van der Waals surface area contributed by atoms with Crippen molar-refractivity contribution < 1.29 is 26.9 Å². The number of benzene rings is 1. The van der Waals surface area contributed by atoms with Crippen LogP contribution in [0.25, 0.3) is 0 Å². The van der Waals surface area contributed by atoms with Crippen LogP contribution in [0, 0.1) is 5.82 Å². The molecule has 136 valence electrons. The predicted molar refractivity (Wildman–Crippen MR) is 84.3 cm³/mol. The maximum Gasteiger partial charge on any atom is 0.321 e. The molecule has 0 amide bonds. The third-order valence-corrected chi connectivity index (χ3v) is 5.03. The zero-order valence-corrected chi connectivity index (χ0v) is 14.6. The van der Waals surface area contributed by atoms with E-state index in [-0.39, 0.29) is 17.4 Å². The van der Waals surface area contributed by atoms with Gasteiger partial charge in [-0.1, -0.05) is 12.1 Å². The van der Waals surface area contributed by atoms with Crippen LogP contribution in [0.4, 0.5) is 4.39 Å². The van der Waals surface area contributed by atoms with Crippen molar-refractivity contribution >= 4 is 16.0 Å². The Kier molecular flexibility index (Phi) is 6.21. The van der Waals surface area contributed by atoms with Crippen molar-refractivity contribution in [3.05, 3.63) is 41.8 Å². The summed E-state index contributed by atoms with van der Waals surface area (Å²) < 4.78 is 48.1. The average Bonchev–Trinajstić information content (AvgIpc) is 3.01. The molecule has 1 aromatic heterocycles. The molecule has 10 heteroatoms. The molecule has 0 saturated carbocycles. The van der Waals surface area contributed by atoms with Crippen molar-refractivity contribution in [1.82, 2.24) is 14.4 Å². The normalized spacial score (nSPS) is 11.7. The number of hydrogen-bond acceptors (Lipinski definition) is 7. The number of aromatic nitrogens is 2. The van der Waals surface area contributed by atoms with Gasteiger partial charge in [-0.05, 0) is 30.7 Å². The van der Waals surface area contributed by atoms with Crippen LogP contribution in [0.5, 0.6) is 0 Å². The molecule has 1 heterocycles. The van der Waals surface area contributed by atoms with E-state index in [0.29, 0.717) is 12.2 Å². The summed E-state index contributed by atoms with van der Waals surface area (Å²) in [7, 11) is -2.69. The molecule has 0 radical (unpaired) electrons. The summed E-state index contributed by atoms with van der Waals surface area (Å²) in [6, 6.07) is 4.31. The minimum Gasteiger partial charge on any atom is -0.455 e. The fourth-order valence-electron chi connectivity index (χ4n) is 1.92. The first-order chi connectivity index (χ1) is 11.8. The zero-order chi connectivity index (χ0) is 18.4. The quantitative estimate of drug-likeness (QED) is 0.648. The van der Waals surface area contributed by atoms with E-state index in [1.54, 1.807) is 0 Å². The topological polar surface area (TPSA) is 103 Å². The Morgan fingerprint density at radius 3 is 2.64 bits per heavy atom. The van der Waals surface area contributed by atoms with Crippen molar-refractivity contribution in [2.45, 2.75) is 31.3 Å². The fourth-order valence-corrected chi connectivity index (χ4v) is 3.03. The number of likely N-dealkylation sites (N-methyl/N-ethyl adjacent to an activating group) is 1. The number of rotatable bonds is 8. The lowest BCUT2D eigenvalue weighted by atomic mass is 10.3. The van der Waals surface area contributed by atoms with Gasteiger partial charge in [-0.25, -0.2) is 12.8 Å². The van der Waals surface area contributed by atoms with Crippen LogP contribution >= 0.6 is 0 Å². The Labute approximate surface area is 144 Å². The molecule has 0 aliphatic rings. The Morgan fingerprint density at radius 1 is 1.32 bits per heavy atom. The summed E-state index contributed by atoms with van der Waals surface area (Å²) in [6.45, 7) is 1.23. The van der Waals surface area contributed by atoms with Gasteiger partial charge in [-0.15, -0.1) is 0 Å². The van der Waals surface area contributed by atoms with Crippen LogP contribution in [0.1, 0.15) is 25.1 Å². The molecule has 0 fully saturated rings. The number of nitrogens with zero attached hydrogens (tertiary/aromatic N) is 3. The Balaban J connectivity index is 1.91. The minimum atomic E-state index is -3.92. The number of sulfonamides is 1. The first-order valence-corrected chi connectivity index (χ1v) is 8.96. The van der Waals surface area contributed by atoms with E-state index in [4.69, 9.17) is 9.26 Å². The standard InChI is InChI=1S/C15H18FN3O5S/c1-3-4-13-17-14(24-18-13)10-23-15(20)9-19(2)25(21,22)12-7-5-11(16)6-8-12/h5-8H,3-4,9-10H2,1-2H3. The van der Waals surface area contributed by atoms with Crippen LogP contribution in [-0.2, 0) is 32.6 Å². The van der Waals surface area contributed by atoms with Crippen molar-refractivity contribution in [2.75, 3.05) is 13.6 Å². The monoisotopic (exact) mass is 371 g/mol. The van der Waals surface area contributed by atoms with E-state index in [9.17, 15) is 17.6 Å². The van der Waals surface area contributed by atoms with E-state index < -0.39 is 28.4 Å². The highest BCUT2D eigenvalue weighted by Gasteiger charge is 2.24. The first kappa shape index (κ1) is 19.0. The van der Waals surface area contributed by atoms with Crippen LogP contribution in [0.15, 0.2) is 33.7 Å². The summed E-state index contributed by atoms with van der Waals surface area (Å²) in [6.07, 6.45) is 1.50. The fraction of sp³-hybridized carbons (Fsp3) is 0.400. The molecular formula is C15H18FN3O5S. The Morgan fingerprint density at radius 2 is 2.00 bits per heavy atom. The molecule has 0 aliphatic heterocycles. The van der Waals surface area contributed by atoms with Crippen molar-refractivity contribution in [3.63, 3.8) is 0 Å². The summed E-state index contributed by atoms with van der Waals surface area (Å²) in [5.74, 6) is -0.670. The van der Waals surface area contributed by atoms with Gasteiger partial charge in [0.1, 0.15) is 12.4 Å². The van der Waals surface area contributed by atoms with E-state index in [0.717, 1.165) is 35.0 Å². The molecule has 0 saturated heterocycles. The maximum absolute atomic E-state index is 12.9. The highest BCUT2D eigenvalue weighted by atomic mass is 32.2. The van der Waals surface area contributed by atoms with Gasteiger partial charge in [0.25, 0.3) is 5.89 Å². The van der Waals surface area contributed by atoms with Gasteiger partial charge in [0, 0.05) is 13.5 Å². The van der Waals surface area contributed by atoms with Gasteiger partial charge in [-0.2, -0.15) is 9.29 Å². The molecule has 0 spiro atoms. The van der Waals surface area contributed by atoms with Gasteiger partial charge in [0.2, 0.25) is 10.0 Å². The van der Waals surface area contributed by atoms with Gasteiger partial charge < -0.3 is 9.26 Å². The lowest BCUT2D eigenvalue weighted by Crippen LogP contribution is -2.33. The van der Waals surface area contributed by atoms with Crippen LogP contribution in [0.3, 0.4) is 0 Å². The Hall–Kier alpha value is -2.33. The maximum atomic E-state index is 12.9. The number of aryl methyl sites for hydroxylation is 1. The highest BCUT2D eigenvalue weighted by molar-refractivity contribution is 7.89. The smallest absolute Gasteiger partial charge is 0.321 e. The molecule has 1 aromatic carbocycles. The first-order valence-electron chi connectivity index (χ1n) is 7.52. The highest BCUT2D eigenvalue weighted by Crippen LogP contribution is 2.14. The van der Waals surface area contributed by atoms with Gasteiger partial charge in [0.15, 0.2) is 12.4 Å². The number of carbonyl (C=O) groups is 1. The number of carbonyl (C=O) groups excluding carboxylic acids is 1. The molecule has 8 nitrogen and oxygen atoms in total. The SMILES string of the molecule is CCCc1noc(COC(=O)CN(C)S(=O)(=O)c2ccc(F)cc2)n1. The lowest BCUT2D eigenvalue weighted by molar-refractivity contribution is -0.145. The summed E-state index contributed by atoms with van der Waals surface area (Å²) in [5, 5.41) is 3.72. The zero-order valence-electron chi connectivity index (χ0n) is 13.8. The summed E-state index contributed by atoms with van der Waals surface area (Å²) >= 11 is 0. The van der Waals surface area contributed by atoms with Crippen LogP contribution < -0.4 is 0 Å². The van der Waals surface area contributed by atoms with Gasteiger partial charge in [-0.3, -0.25) is 4.79 Å². The third-order valence-electron chi connectivity index (χ3n) is 3.21. The predicted octanol–water partition coefficient (Wildman–Crippen LogP) is 1.53. The number of ether oxygens (including phenoxy) is 1. The second kappa shape index (κ2) is 8.17. The molecule has 0 aliphatic carbocycles. The van der Waals surface area contributed by atoms with Crippen LogP contribution in [0.2, 0.25) is 0 Å². The van der Waals surface area contributed by atoms with Crippen LogP contribution in [-0.4, -0.2) is 42.4 Å². The summed E-state index contributed by atoms with van der Waals surface area (Å²) in [4.78, 5) is 15.7. The molecule has 0 N–H and O–H groups in total. The second-order valence-electron chi connectivity index (χ2n) is 5.23. The van der Waals surface area contributed by atoms with E-state index >= 15 is 0 Å². The number of halogens is 1. The average molecular weight is 371 g/mol. The third kappa shape index (κ3) is 5.07. The lowest BCUT2D eigenvalue weighted by Gasteiger charge is -2.16. The van der Waals surface area contributed by atoms with Crippen molar-refractivity contribution in [3.8, 4) is 0 Å². The minimum absolute atomic E-state index is 0.120. The van der Waals surface area contributed by atoms with E-state index in [2.05, 4.69) is 10.1 Å². The second-order valence-corrected chi connectivity index (χ2v) is 7.27. The van der Waals surface area contributed by atoms with Gasteiger partial charge in [0.05, 0.1) is 4.90 Å².